The summed E-state index contributed by atoms with van der Waals surface area (Å²) in [5, 5.41) is 3.71. The number of piperazine rings is 1. The number of anilines is 1. The number of amides is 2. The van der Waals surface area contributed by atoms with Crippen LogP contribution in [0.5, 0.6) is 0 Å². The number of aromatic nitrogens is 2. The number of nitrogens with one attached hydrogen (secondary N) is 2. The quantitative estimate of drug-likeness (QED) is 0.529. The molecule has 0 saturated carbocycles. The zero-order valence-electron chi connectivity index (χ0n) is 17.5. The van der Waals surface area contributed by atoms with E-state index in [0.29, 0.717) is 23.6 Å². The number of likely N-dealkylation sites (N-methyl/N-ethyl adjacent to an activating group) is 1. The van der Waals surface area contributed by atoms with Crippen LogP contribution in [-0.2, 0) is 9.59 Å². The summed E-state index contributed by atoms with van der Waals surface area (Å²) in [4.78, 5) is 36.4. The Morgan fingerprint density at radius 1 is 1.13 bits per heavy atom. The van der Waals surface area contributed by atoms with Crippen LogP contribution in [0.2, 0.25) is 0 Å². The third-order valence-corrected chi connectivity index (χ3v) is 5.45. The van der Waals surface area contributed by atoms with Crippen LogP contribution in [0.15, 0.2) is 48.7 Å². The summed E-state index contributed by atoms with van der Waals surface area (Å²) >= 11 is 0. The van der Waals surface area contributed by atoms with Crippen LogP contribution in [0, 0.1) is 0 Å². The van der Waals surface area contributed by atoms with Gasteiger partial charge < -0.3 is 20.9 Å². The van der Waals surface area contributed by atoms with Gasteiger partial charge in [0, 0.05) is 48.9 Å². The minimum atomic E-state index is -0.499. The Balaban J connectivity index is 1.50. The number of pyridine rings is 1. The number of primary amides is 1. The average Bonchev–Trinajstić information content (AvgIpc) is 3.16. The van der Waals surface area contributed by atoms with Gasteiger partial charge in [-0.15, -0.1) is 0 Å². The standard InChI is InChI=1S/C23H26N6O2/c1-28-9-11-29(12-10-28)15-21(30)26-20-8-7-18-17(14-25-23(18)27-20)13-19(22(24)31)16-5-3-2-4-6-16/h2-8,13-14H,9-12,15H2,1H3,(H2,24,31)(H2,25,26,27,30). The number of carbonyl (C=O) groups is 2. The molecule has 0 atom stereocenters. The van der Waals surface area contributed by atoms with Gasteiger partial charge in [0.2, 0.25) is 11.8 Å². The molecule has 0 spiro atoms. The fourth-order valence-corrected chi connectivity index (χ4v) is 3.68. The first-order valence-electron chi connectivity index (χ1n) is 10.3. The molecule has 1 aliphatic rings. The highest BCUT2D eigenvalue weighted by Gasteiger charge is 2.17. The molecular formula is C23H26N6O2. The molecule has 0 radical (unpaired) electrons. The van der Waals surface area contributed by atoms with E-state index in [-0.39, 0.29) is 5.91 Å². The fraction of sp³-hybridized carbons (Fsp3) is 0.261. The third kappa shape index (κ3) is 4.99. The molecule has 8 heteroatoms. The summed E-state index contributed by atoms with van der Waals surface area (Å²) in [5.74, 6) is -0.0911. The Labute approximate surface area is 180 Å². The van der Waals surface area contributed by atoms with Gasteiger partial charge in [-0.3, -0.25) is 14.5 Å². The van der Waals surface area contributed by atoms with Gasteiger partial charge in [-0.2, -0.15) is 0 Å². The van der Waals surface area contributed by atoms with E-state index in [9.17, 15) is 9.59 Å². The highest BCUT2D eigenvalue weighted by atomic mass is 16.2. The van der Waals surface area contributed by atoms with Gasteiger partial charge in [-0.05, 0) is 30.8 Å². The van der Waals surface area contributed by atoms with Crippen LogP contribution >= 0.6 is 0 Å². The lowest BCUT2D eigenvalue weighted by atomic mass is 10.0. The zero-order chi connectivity index (χ0) is 21.8. The van der Waals surface area contributed by atoms with E-state index in [4.69, 9.17) is 5.73 Å². The summed E-state index contributed by atoms with van der Waals surface area (Å²) < 4.78 is 0. The van der Waals surface area contributed by atoms with Gasteiger partial charge in [0.1, 0.15) is 11.5 Å². The van der Waals surface area contributed by atoms with Crippen molar-refractivity contribution in [2.24, 2.45) is 5.73 Å². The number of rotatable bonds is 6. The van der Waals surface area contributed by atoms with E-state index in [1.165, 1.54) is 0 Å². The molecule has 31 heavy (non-hydrogen) atoms. The fourth-order valence-electron chi connectivity index (χ4n) is 3.68. The summed E-state index contributed by atoms with van der Waals surface area (Å²) in [6, 6.07) is 12.9. The smallest absolute Gasteiger partial charge is 0.249 e. The molecule has 0 unspecified atom stereocenters. The van der Waals surface area contributed by atoms with Crippen molar-refractivity contribution in [1.29, 1.82) is 0 Å². The minimum Gasteiger partial charge on any atom is -0.366 e. The first kappa shape index (κ1) is 20.8. The van der Waals surface area contributed by atoms with E-state index in [2.05, 4.69) is 32.1 Å². The first-order valence-corrected chi connectivity index (χ1v) is 10.3. The van der Waals surface area contributed by atoms with Crippen LogP contribution < -0.4 is 11.1 Å². The minimum absolute atomic E-state index is 0.0804. The topological polar surface area (TPSA) is 107 Å². The van der Waals surface area contributed by atoms with Crippen molar-refractivity contribution < 1.29 is 9.59 Å². The molecule has 8 nitrogen and oxygen atoms in total. The maximum atomic E-state index is 12.4. The molecule has 1 aromatic carbocycles. The van der Waals surface area contributed by atoms with Gasteiger partial charge in [0.25, 0.3) is 0 Å². The second-order valence-electron chi connectivity index (χ2n) is 7.75. The lowest BCUT2D eigenvalue weighted by Gasteiger charge is -2.31. The number of benzene rings is 1. The maximum absolute atomic E-state index is 12.4. The van der Waals surface area contributed by atoms with E-state index < -0.39 is 5.91 Å². The van der Waals surface area contributed by atoms with Crippen LogP contribution in [0.3, 0.4) is 0 Å². The van der Waals surface area contributed by atoms with Crippen LogP contribution in [0.4, 0.5) is 5.82 Å². The van der Waals surface area contributed by atoms with E-state index >= 15 is 0 Å². The van der Waals surface area contributed by atoms with Crippen LogP contribution in [-0.4, -0.2) is 71.4 Å². The zero-order valence-corrected chi connectivity index (χ0v) is 17.5. The number of hydrogen-bond donors (Lipinski definition) is 3. The first-order chi connectivity index (χ1) is 15.0. The van der Waals surface area contributed by atoms with Gasteiger partial charge in [0.15, 0.2) is 0 Å². The van der Waals surface area contributed by atoms with Crippen molar-refractivity contribution in [2.45, 2.75) is 0 Å². The number of hydrogen-bond acceptors (Lipinski definition) is 5. The predicted molar refractivity (Wildman–Crippen MR) is 122 cm³/mol. The normalized spacial score (nSPS) is 15.8. The van der Waals surface area contributed by atoms with Gasteiger partial charge in [-0.25, -0.2) is 4.98 Å². The predicted octanol–water partition coefficient (Wildman–Crippen LogP) is 1.77. The number of carbonyl (C=O) groups excluding carboxylic acids is 2. The highest BCUT2D eigenvalue weighted by molar-refractivity contribution is 6.24. The molecule has 2 amide bonds. The number of nitrogens with zero attached hydrogens (tertiary/aromatic N) is 3. The van der Waals surface area contributed by atoms with Crippen molar-refractivity contribution >= 4 is 40.3 Å². The van der Waals surface area contributed by atoms with Crippen molar-refractivity contribution in [3.05, 3.63) is 59.8 Å². The third-order valence-electron chi connectivity index (χ3n) is 5.45. The Kier molecular flexibility index (Phi) is 6.11. The molecule has 4 N–H and O–H groups in total. The average molecular weight is 419 g/mol. The van der Waals surface area contributed by atoms with Crippen molar-refractivity contribution in [3.63, 3.8) is 0 Å². The number of nitrogens with two attached hydrogens (primary N) is 1. The van der Waals surface area contributed by atoms with Crippen LogP contribution in [0.1, 0.15) is 11.1 Å². The highest BCUT2D eigenvalue weighted by Crippen LogP contribution is 2.24. The van der Waals surface area contributed by atoms with Crippen molar-refractivity contribution in [1.82, 2.24) is 19.8 Å². The lowest BCUT2D eigenvalue weighted by molar-refractivity contribution is -0.117. The molecule has 160 valence electrons. The monoisotopic (exact) mass is 418 g/mol. The molecular weight excluding hydrogens is 392 g/mol. The molecule has 1 aliphatic heterocycles. The Bertz CT molecular complexity index is 1110. The number of fused-ring (bicyclic) bond motifs is 1. The van der Waals surface area contributed by atoms with E-state index in [0.717, 1.165) is 42.7 Å². The molecule has 2 aromatic heterocycles. The summed E-state index contributed by atoms with van der Waals surface area (Å²) in [6.45, 7) is 4.04. The molecule has 4 rings (SSSR count). The second kappa shape index (κ2) is 9.11. The van der Waals surface area contributed by atoms with E-state index in [1.54, 1.807) is 18.3 Å². The molecule has 1 fully saturated rings. The Morgan fingerprint density at radius 3 is 2.58 bits per heavy atom. The molecule has 3 aromatic rings. The second-order valence-corrected chi connectivity index (χ2v) is 7.75. The molecule has 0 aliphatic carbocycles. The molecule has 0 bridgehead atoms. The Morgan fingerprint density at radius 2 is 1.87 bits per heavy atom. The number of H-pyrrole nitrogens is 1. The van der Waals surface area contributed by atoms with Crippen molar-refractivity contribution in [3.8, 4) is 0 Å². The van der Waals surface area contributed by atoms with Crippen LogP contribution in [0.25, 0.3) is 22.7 Å². The summed E-state index contributed by atoms with van der Waals surface area (Å²) in [5.41, 5.74) is 8.21. The van der Waals surface area contributed by atoms with Crippen molar-refractivity contribution in [2.75, 3.05) is 45.1 Å². The molecule has 3 heterocycles. The largest absolute Gasteiger partial charge is 0.366 e. The van der Waals surface area contributed by atoms with Gasteiger partial charge in [-0.1, -0.05) is 30.3 Å². The lowest BCUT2D eigenvalue weighted by Crippen LogP contribution is -2.47. The van der Waals surface area contributed by atoms with E-state index in [1.807, 2.05) is 36.4 Å². The number of aromatic amines is 1. The SMILES string of the molecule is CN1CCN(CC(=O)Nc2ccc3c(C=C(C(N)=O)c4ccccc4)c[nH]c3n2)CC1. The summed E-state index contributed by atoms with van der Waals surface area (Å²) in [7, 11) is 2.09. The van der Waals surface area contributed by atoms with Gasteiger partial charge in [0.05, 0.1) is 6.54 Å². The maximum Gasteiger partial charge on any atom is 0.249 e. The summed E-state index contributed by atoms with van der Waals surface area (Å²) in [6.07, 6.45) is 3.53. The van der Waals surface area contributed by atoms with Gasteiger partial charge >= 0.3 is 0 Å². The molecule has 1 saturated heterocycles. The Hall–Kier alpha value is -3.49.